The standard InChI is InChI=1S/C27H27FN2O3/c1-18-5-3-6-19(15-18)25-14-9-21(26(31)29-23-10-12-24(33-2)13-11-23)17-30(25)27(32)20-7-4-8-22(28)16-20/h3-8,10-13,15-16,21,25H,9,14,17H2,1-2H3,(H,29,31)/t21-,25-/m0/s1. The van der Waals surface area contributed by atoms with E-state index in [-0.39, 0.29) is 35.9 Å². The van der Waals surface area contributed by atoms with Crippen LogP contribution in [0.25, 0.3) is 0 Å². The lowest BCUT2D eigenvalue weighted by atomic mass is 9.87. The van der Waals surface area contributed by atoms with Gasteiger partial charge in [0.05, 0.1) is 19.1 Å². The minimum atomic E-state index is -0.459. The van der Waals surface area contributed by atoms with E-state index >= 15 is 0 Å². The summed E-state index contributed by atoms with van der Waals surface area (Å²) in [5, 5.41) is 2.94. The molecule has 0 unspecified atom stereocenters. The average molecular weight is 447 g/mol. The number of aryl methyl sites for hydroxylation is 1. The number of rotatable bonds is 5. The summed E-state index contributed by atoms with van der Waals surface area (Å²) in [7, 11) is 1.59. The smallest absolute Gasteiger partial charge is 0.254 e. The van der Waals surface area contributed by atoms with Gasteiger partial charge in [-0.1, -0.05) is 35.9 Å². The minimum absolute atomic E-state index is 0.139. The maximum absolute atomic E-state index is 13.8. The molecule has 3 aromatic carbocycles. The molecule has 5 nitrogen and oxygen atoms in total. The van der Waals surface area contributed by atoms with Gasteiger partial charge in [0.15, 0.2) is 0 Å². The van der Waals surface area contributed by atoms with Crippen LogP contribution in [-0.2, 0) is 4.79 Å². The maximum Gasteiger partial charge on any atom is 0.254 e. The van der Waals surface area contributed by atoms with Crippen LogP contribution in [0.5, 0.6) is 5.75 Å². The predicted molar refractivity (Wildman–Crippen MR) is 126 cm³/mol. The number of benzene rings is 3. The van der Waals surface area contributed by atoms with Gasteiger partial charge in [0.2, 0.25) is 5.91 Å². The molecule has 0 radical (unpaired) electrons. The summed E-state index contributed by atoms with van der Waals surface area (Å²) < 4.78 is 19.0. The maximum atomic E-state index is 13.8. The first-order valence-corrected chi connectivity index (χ1v) is 11.0. The molecule has 4 rings (SSSR count). The number of carbonyl (C=O) groups is 2. The Balaban J connectivity index is 1.57. The lowest BCUT2D eigenvalue weighted by Crippen LogP contribution is -2.45. The van der Waals surface area contributed by atoms with E-state index in [4.69, 9.17) is 4.74 Å². The molecule has 3 aromatic rings. The van der Waals surface area contributed by atoms with Crippen molar-refractivity contribution in [1.29, 1.82) is 0 Å². The van der Waals surface area contributed by atoms with Crippen LogP contribution < -0.4 is 10.1 Å². The quantitative estimate of drug-likeness (QED) is 0.573. The van der Waals surface area contributed by atoms with Crippen molar-refractivity contribution in [2.45, 2.75) is 25.8 Å². The first kappa shape index (κ1) is 22.5. The number of nitrogens with zero attached hydrogens (tertiary/aromatic N) is 1. The molecule has 2 amide bonds. The molecule has 0 aliphatic carbocycles. The van der Waals surface area contributed by atoms with Gasteiger partial charge >= 0.3 is 0 Å². The number of ether oxygens (including phenoxy) is 1. The van der Waals surface area contributed by atoms with Crippen molar-refractivity contribution < 1.29 is 18.7 Å². The third kappa shape index (κ3) is 5.22. The lowest BCUT2D eigenvalue weighted by Gasteiger charge is -2.39. The van der Waals surface area contributed by atoms with Crippen molar-refractivity contribution in [3.63, 3.8) is 0 Å². The number of amides is 2. The van der Waals surface area contributed by atoms with Crippen molar-refractivity contribution in [3.8, 4) is 5.75 Å². The molecule has 0 spiro atoms. The molecule has 0 saturated carbocycles. The fourth-order valence-corrected chi connectivity index (χ4v) is 4.34. The van der Waals surface area contributed by atoms with E-state index < -0.39 is 5.82 Å². The van der Waals surface area contributed by atoms with Crippen LogP contribution in [0, 0.1) is 18.7 Å². The molecule has 1 N–H and O–H groups in total. The highest BCUT2D eigenvalue weighted by atomic mass is 19.1. The van der Waals surface area contributed by atoms with E-state index in [1.165, 1.54) is 18.2 Å². The Morgan fingerprint density at radius 3 is 2.45 bits per heavy atom. The van der Waals surface area contributed by atoms with E-state index in [1.807, 2.05) is 25.1 Å². The molecule has 1 heterocycles. The third-order valence-electron chi connectivity index (χ3n) is 6.07. The largest absolute Gasteiger partial charge is 0.497 e. The van der Waals surface area contributed by atoms with E-state index in [0.29, 0.717) is 24.3 Å². The van der Waals surface area contributed by atoms with Gasteiger partial charge in [0.25, 0.3) is 5.91 Å². The van der Waals surface area contributed by atoms with Gasteiger partial charge in [-0.2, -0.15) is 0 Å². The monoisotopic (exact) mass is 446 g/mol. The zero-order valence-corrected chi connectivity index (χ0v) is 18.8. The Kier molecular flexibility index (Phi) is 6.73. The van der Waals surface area contributed by atoms with E-state index in [9.17, 15) is 14.0 Å². The number of nitrogens with one attached hydrogen (secondary N) is 1. The summed E-state index contributed by atoms with van der Waals surface area (Å²) in [6, 6.07) is 20.7. The molecule has 0 bridgehead atoms. The van der Waals surface area contributed by atoms with Crippen LogP contribution in [-0.4, -0.2) is 30.4 Å². The van der Waals surface area contributed by atoms with Gasteiger partial charge in [-0.25, -0.2) is 4.39 Å². The van der Waals surface area contributed by atoms with Crippen LogP contribution in [0.2, 0.25) is 0 Å². The molecule has 1 aliphatic rings. The van der Waals surface area contributed by atoms with Gasteiger partial charge in [0.1, 0.15) is 11.6 Å². The summed E-state index contributed by atoms with van der Waals surface area (Å²) in [5.74, 6) is -0.536. The molecule has 0 aromatic heterocycles. The van der Waals surface area contributed by atoms with Crippen LogP contribution in [0.3, 0.4) is 0 Å². The highest BCUT2D eigenvalue weighted by Gasteiger charge is 2.36. The van der Waals surface area contributed by atoms with Crippen LogP contribution in [0.1, 0.15) is 40.4 Å². The fraction of sp³-hybridized carbons (Fsp3) is 0.259. The van der Waals surface area contributed by atoms with Crippen molar-refractivity contribution in [1.82, 2.24) is 4.90 Å². The number of hydrogen-bond donors (Lipinski definition) is 1. The van der Waals surface area contributed by atoms with Gasteiger partial charge in [-0.15, -0.1) is 0 Å². The Hall–Kier alpha value is -3.67. The number of halogens is 1. The minimum Gasteiger partial charge on any atom is -0.497 e. The zero-order chi connectivity index (χ0) is 23.4. The Bertz CT molecular complexity index is 1150. The number of anilines is 1. The SMILES string of the molecule is COc1ccc(NC(=O)[C@H]2CC[C@@H](c3cccc(C)c3)N(C(=O)c3cccc(F)c3)C2)cc1. The molecule has 170 valence electrons. The predicted octanol–water partition coefficient (Wildman–Crippen LogP) is 5.37. The van der Waals surface area contributed by atoms with Crippen molar-refractivity contribution in [3.05, 3.63) is 95.3 Å². The summed E-state index contributed by atoms with van der Waals surface area (Å²) in [6.07, 6.45) is 1.29. The first-order valence-electron chi connectivity index (χ1n) is 11.0. The Morgan fingerprint density at radius 2 is 1.76 bits per heavy atom. The molecule has 33 heavy (non-hydrogen) atoms. The zero-order valence-electron chi connectivity index (χ0n) is 18.8. The van der Waals surface area contributed by atoms with Gasteiger partial charge in [0, 0.05) is 17.8 Å². The van der Waals surface area contributed by atoms with E-state index in [0.717, 1.165) is 11.1 Å². The van der Waals surface area contributed by atoms with Gasteiger partial charge < -0.3 is 15.0 Å². The van der Waals surface area contributed by atoms with Crippen LogP contribution >= 0.6 is 0 Å². The van der Waals surface area contributed by atoms with E-state index in [2.05, 4.69) is 11.4 Å². The van der Waals surface area contributed by atoms with Gasteiger partial charge in [-0.05, 0) is 67.8 Å². The topological polar surface area (TPSA) is 58.6 Å². The number of piperidine rings is 1. The Morgan fingerprint density at radius 1 is 1.00 bits per heavy atom. The molecular formula is C27H27FN2O3. The second-order valence-electron chi connectivity index (χ2n) is 8.39. The third-order valence-corrected chi connectivity index (χ3v) is 6.07. The molecular weight excluding hydrogens is 419 g/mol. The number of methoxy groups -OCH3 is 1. The summed E-state index contributed by atoms with van der Waals surface area (Å²) in [4.78, 5) is 28.2. The molecule has 1 saturated heterocycles. The first-order chi connectivity index (χ1) is 15.9. The number of hydrogen-bond acceptors (Lipinski definition) is 3. The average Bonchev–Trinajstić information content (AvgIpc) is 2.83. The second-order valence-corrected chi connectivity index (χ2v) is 8.39. The summed E-state index contributed by atoms with van der Waals surface area (Å²) in [5.41, 5.74) is 3.08. The lowest BCUT2D eigenvalue weighted by molar-refractivity contribution is -0.121. The molecule has 1 fully saturated rings. The Labute approximate surface area is 193 Å². The number of carbonyl (C=O) groups excluding carboxylic acids is 2. The fourth-order valence-electron chi connectivity index (χ4n) is 4.34. The molecule has 6 heteroatoms. The normalized spacial score (nSPS) is 18.0. The molecule has 2 atom stereocenters. The van der Waals surface area contributed by atoms with Crippen LogP contribution in [0.15, 0.2) is 72.8 Å². The van der Waals surface area contributed by atoms with Crippen molar-refractivity contribution in [2.24, 2.45) is 5.92 Å². The summed E-state index contributed by atoms with van der Waals surface area (Å²) >= 11 is 0. The highest BCUT2D eigenvalue weighted by molar-refractivity contribution is 5.96. The van der Waals surface area contributed by atoms with Crippen LogP contribution in [0.4, 0.5) is 10.1 Å². The molecule has 1 aliphatic heterocycles. The van der Waals surface area contributed by atoms with Gasteiger partial charge in [-0.3, -0.25) is 9.59 Å². The summed E-state index contributed by atoms with van der Waals surface area (Å²) in [6.45, 7) is 2.27. The second kappa shape index (κ2) is 9.86. The van der Waals surface area contributed by atoms with Crippen molar-refractivity contribution >= 4 is 17.5 Å². The highest BCUT2D eigenvalue weighted by Crippen LogP contribution is 2.35. The number of likely N-dealkylation sites (tertiary alicyclic amines) is 1. The van der Waals surface area contributed by atoms with E-state index in [1.54, 1.807) is 42.3 Å². The van der Waals surface area contributed by atoms with Crippen molar-refractivity contribution in [2.75, 3.05) is 19.0 Å².